The Bertz CT molecular complexity index is 666. The molecule has 2 aromatic rings. The fraction of sp³-hybridized carbons (Fsp3) is 0.0667. The normalized spacial score (nSPS) is 9.42. The van der Waals surface area contributed by atoms with Gasteiger partial charge in [-0.2, -0.15) is 10.5 Å². The summed E-state index contributed by atoms with van der Waals surface area (Å²) in [6.45, 7) is 0. The van der Waals surface area contributed by atoms with Crippen LogP contribution in [0.3, 0.4) is 0 Å². The molecule has 0 aromatic heterocycles. The Morgan fingerprint density at radius 1 is 1.05 bits per heavy atom. The van der Waals surface area contributed by atoms with Gasteiger partial charge < -0.3 is 4.74 Å². The lowest BCUT2D eigenvalue weighted by Gasteiger charge is -2.08. The molecule has 0 spiro atoms. The quantitative estimate of drug-likeness (QED) is 0.843. The molecule has 92 valence electrons. The number of nitrogens with zero attached hydrogens (tertiary/aromatic N) is 2. The molecule has 0 aliphatic rings. The lowest BCUT2D eigenvalue weighted by atomic mass is 10.1. The number of nitriles is 2. The van der Waals surface area contributed by atoms with Gasteiger partial charge in [0.1, 0.15) is 23.1 Å². The fourth-order valence-electron chi connectivity index (χ4n) is 1.59. The summed E-state index contributed by atoms with van der Waals surface area (Å²) in [5.41, 5.74) is 1.23. The van der Waals surface area contributed by atoms with E-state index in [0.29, 0.717) is 28.5 Å². The molecule has 0 saturated carbocycles. The maximum Gasteiger partial charge on any atom is 0.146 e. The second-order valence-electron chi connectivity index (χ2n) is 3.81. The number of benzene rings is 2. The predicted octanol–water partition coefficient (Wildman–Crippen LogP) is 4.07. The van der Waals surface area contributed by atoms with Crippen molar-refractivity contribution >= 4 is 11.6 Å². The Hall–Kier alpha value is -2.49. The molecule has 2 rings (SSSR count). The summed E-state index contributed by atoms with van der Waals surface area (Å²) in [5.74, 6) is 1.02. The molecule has 4 heteroatoms. The Labute approximate surface area is 116 Å². The van der Waals surface area contributed by atoms with E-state index < -0.39 is 0 Å². The molecule has 0 saturated heterocycles. The Kier molecular flexibility index (Phi) is 4.03. The van der Waals surface area contributed by atoms with Crippen LogP contribution in [0.15, 0.2) is 42.5 Å². The number of halogens is 1. The van der Waals surface area contributed by atoms with Gasteiger partial charge in [0.05, 0.1) is 17.5 Å². The first-order chi connectivity index (χ1) is 9.24. The smallest absolute Gasteiger partial charge is 0.146 e. The first-order valence-electron chi connectivity index (χ1n) is 5.57. The van der Waals surface area contributed by atoms with Crippen LogP contribution in [0.1, 0.15) is 11.1 Å². The lowest BCUT2D eigenvalue weighted by Crippen LogP contribution is -1.89. The molecule has 0 atom stereocenters. The summed E-state index contributed by atoms with van der Waals surface area (Å²) in [4.78, 5) is 0. The molecule has 0 bridgehead atoms. The maximum atomic E-state index is 9.04. The Morgan fingerprint density at radius 2 is 1.79 bits per heavy atom. The van der Waals surface area contributed by atoms with Crippen LogP contribution in [0.25, 0.3) is 0 Å². The van der Waals surface area contributed by atoms with Crippen molar-refractivity contribution in [2.75, 3.05) is 0 Å². The van der Waals surface area contributed by atoms with Gasteiger partial charge >= 0.3 is 0 Å². The number of ether oxygens (including phenoxy) is 1. The van der Waals surface area contributed by atoms with Crippen LogP contribution in [0.2, 0.25) is 5.02 Å². The first-order valence-corrected chi connectivity index (χ1v) is 5.94. The van der Waals surface area contributed by atoms with E-state index in [0.717, 1.165) is 5.56 Å². The molecule has 0 amide bonds. The van der Waals surface area contributed by atoms with Gasteiger partial charge in [0.15, 0.2) is 0 Å². The molecule has 19 heavy (non-hydrogen) atoms. The van der Waals surface area contributed by atoms with Gasteiger partial charge in [-0.1, -0.05) is 29.8 Å². The van der Waals surface area contributed by atoms with Gasteiger partial charge in [-0.05, 0) is 29.8 Å². The zero-order valence-corrected chi connectivity index (χ0v) is 10.7. The third-order valence-corrected chi connectivity index (χ3v) is 2.84. The summed E-state index contributed by atoms with van der Waals surface area (Å²) in [7, 11) is 0. The minimum Gasteiger partial charge on any atom is -0.456 e. The standard InChI is InChI=1S/C15H9ClN2O/c16-14-2-1-3-15(13(14)10-18)19-12-6-4-11(5-7-12)8-9-17/h1-7H,8H2. The fourth-order valence-corrected chi connectivity index (χ4v) is 1.80. The van der Waals surface area contributed by atoms with Crippen LogP contribution in [-0.2, 0) is 6.42 Å². The second-order valence-corrected chi connectivity index (χ2v) is 4.21. The highest BCUT2D eigenvalue weighted by Crippen LogP contribution is 2.29. The number of rotatable bonds is 3. The van der Waals surface area contributed by atoms with Crippen molar-refractivity contribution < 1.29 is 4.74 Å². The molecule has 0 N–H and O–H groups in total. The molecule has 0 radical (unpaired) electrons. The zero-order valence-electron chi connectivity index (χ0n) is 9.93. The van der Waals surface area contributed by atoms with E-state index in [4.69, 9.17) is 26.9 Å². The highest BCUT2D eigenvalue weighted by Gasteiger charge is 2.08. The monoisotopic (exact) mass is 268 g/mol. The van der Waals surface area contributed by atoms with Crippen molar-refractivity contribution in [3.63, 3.8) is 0 Å². The summed E-state index contributed by atoms with van der Waals surface area (Å²) < 4.78 is 5.62. The minimum atomic E-state index is 0.310. The third-order valence-electron chi connectivity index (χ3n) is 2.52. The molecule has 0 heterocycles. The van der Waals surface area contributed by atoms with Crippen molar-refractivity contribution in [2.45, 2.75) is 6.42 Å². The van der Waals surface area contributed by atoms with Gasteiger partial charge in [-0.15, -0.1) is 0 Å². The molecule has 3 nitrogen and oxygen atoms in total. The Balaban J connectivity index is 2.25. The van der Waals surface area contributed by atoms with Gasteiger partial charge in [0, 0.05) is 0 Å². The van der Waals surface area contributed by atoms with Crippen molar-refractivity contribution in [1.29, 1.82) is 10.5 Å². The third kappa shape index (κ3) is 3.04. The molecule has 0 unspecified atom stereocenters. The van der Waals surface area contributed by atoms with Crippen LogP contribution in [0, 0.1) is 22.7 Å². The van der Waals surface area contributed by atoms with Crippen LogP contribution in [0.5, 0.6) is 11.5 Å². The van der Waals surface area contributed by atoms with Gasteiger partial charge in [-0.3, -0.25) is 0 Å². The van der Waals surface area contributed by atoms with E-state index in [9.17, 15) is 0 Å². The average molecular weight is 269 g/mol. The molecule has 2 aromatic carbocycles. The highest BCUT2D eigenvalue weighted by atomic mass is 35.5. The molecular weight excluding hydrogens is 260 g/mol. The first kappa shape index (κ1) is 13.0. The van der Waals surface area contributed by atoms with E-state index in [1.165, 1.54) is 0 Å². The molecule has 0 aliphatic carbocycles. The topological polar surface area (TPSA) is 56.8 Å². The minimum absolute atomic E-state index is 0.310. The van der Waals surface area contributed by atoms with Crippen molar-refractivity contribution in [2.24, 2.45) is 0 Å². The van der Waals surface area contributed by atoms with E-state index in [1.807, 2.05) is 18.2 Å². The van der Waals surface area contributed by atoms with Crippen LogP contribution in [-0.4, -0.2) is 0 Å². The number of hydrogen-bond donors (Lipinski definition) is 0. The molecule has 0 aliphatic heterocycles. The van der Waals surface area contributed by atoms with Gasteiger partial charge in [0.2, 0.25) is 0 Å². The lowest BCUT2D eigenvalue weighted by molar-refractivity contribution is 0.481. The largest absolute Gasteiger partial charge is 0.456 e. The van der Waals surface area contributed by atoms with Crippen molar-refractivity contribution in [1.82, 2.24) is 0 Å². The zero-order chi connectivity index (χ0) is 13.7. The van der Waals surface area contributed by atoms with Crippen LogP contribution >= 0.6 is 11.6 Å². The highest BCUT2D eigenvalue weighted by molar-refractivity contribution is 6.31. The van der Waals surface area contributed by atoms with Gasteiger partial charge in [-0.25, -0.2) is 0 Å². The van der Waals surface area contributed by atoms with E-state index >= 15 is 0 Å². The van der Waals surface area contributed by atoms with Crippen molar-refractivity contribution in [3.05, 3.63) is 58.6 Å². The Morgan fingerprint density at radius 3 is 2.42 bits per heavy atom. The van der Waals surface area contributed by atoms with E-state index in [1.54, 1.807) is 30.3 Å². The van der Waals surface area contributed by atoms with Crippen LogP contribution < -0.4 is 4.74 Å². The SMILES string of the molecule is N#CCc1ccc(Oc2cccc(Cl)c2C#N)cc1. The van der Waals surface area contributed by atoms with Crippen molar-refractivity contribution in [3.8, 4) is 23.6 Å². The predicted molar refractivity (Wildman–Crippen MR) is 72.0 cm³/mol. The second kappa shape index (κ2) is 5.91. The summed E-state index contributed by atoms with van der Waals surface area (Å²) in [6.07, 6.45) is 0.362. The van der Waals surface area contributed by atoms with Crippen LogP contribution in [0.4, 0.5) is 0 Å². The summed E-state index contributed by atoms with van der Waals surface area (Å²) in [5, 5.41) is 18.0. The summed E-state index contributed by atoms with van der Waals surface area (Å²) in [6, 6.07) is 16.3. The average Bonchev–Trinajstić information content (AvgIpc) is 2.42. The van der Waals surface area contributed by atoms with E-state index in [-0.39, 0.29) is 0 Å². The maximum absolute atomic E-state index is 9.04. The number of hydrogen-bond acceptors (Lipinski definition) is 3. The van der Waals surface area contributed by atoms with Gasteiger partial charge in [0.25, 0.3) is 0 Å². The molecule has 0 fully saturated rings. The van der Waals surface area contributed by atoms with E-state index in [2.05, 4.69) is 6.07 Å². The molecular formula is C15H9ClN2O. The summed E-state index contributed by atoms with van der Waals surface area (Å²) >= 11 is 5.92.